The lowest BCUT2D eigenvalue weighted by molar-refractivity contribution is -0.384. The highest BCUT2D eigenvalue weighted by Crippen LogP contribution is 2.24. The summed E-state index contributed by atoms with van der Waals surface area (Å²) in [6.45, 7) is 4.45. The summed E-state index contributed by atoms with van der Waals surface area (Å²) in [4.78, 5) is 26.0. The van der Waals surface area contributed by atoms with Crippen LogP contribution in [0.5, 0.6) is 0 Å². The molecule has 7 heteroatoms. The number of nitrogen functional groups attached to an aromatic ring is 1. The third-order valence-electron chi connectivity index (χ3n) is 5.27. The fraction of sp³-hybridized carbons (Fsp3) is 0.381. The SMILES string of the molecule is CC(C(=O)N[C@H](CN1CCCC1)c1cccc([N+](=O)[O-])c1)c1ccc(N)cc1. The van der Waals surface area contributed by atoms with Crippen molar-refractivity contribution in [1.82, 2.24) is 10.2 Å². The molecule has 2 aromatic rings. The number of rotatable bonds is 7. The summed E-state index contributed by atoms with van der Waals surface area (Å²) in [5.41, 5.74) is 8.04. The average molecular weight is 382 g/mol. The first-order valence-corrected chi connectivity index (χ1v) is 9.56. The highest BCUT2D eigenvalue weighted by Gasteiger charge is 2.24. The van der Waals surface area contributed by atoms with Gasteiger partial charge in [0.05, 0.1) is 16.9 Å². The molecule has 3 rings (SSSR count). The summed E-state index contributed by atoms with van der Waals surface area (Å²) in [5.74, 6) is -0.458. The number of hydrogen-bond acceptors (Lipinski definition) is 5. The fourth-order valence-electron chi connectivity index (χ4n) is 3.55. The van der Waals surface area contributed by atoms with Gasteiger partial charge >= 0.3 is 0 Å². The van der Waals surface area contributed by atoms with E-state index < -0.39 is 4.92 Å². The molecular formula is C21H26N4O3. The first kappa shape index (κ1) is 19.8. The topological polar surface area (TPSA) is 102 Å². The minimum atomic E-state index is -0.408. The maximum atomic E-state index is 12.9. The number of non-ortho nitro benzene ring substituents is 1. The van der Waals surface area contributed by atoms with E-state index in [0.29, 0.717) is 12.2 Å². The van der Waals surface area contributed by atoms with Gasteiger partial charge in [0.1, 0.15) is 0 Å². The van der Waals surface area contributed by atoms with Crippen LogP contribution in [0.4, 0.5) is 11.4 Å². The standard InChI is InChI=1S/C21H26N4O3/c1-15(16-7-9-18(22)10-8-16)21(26)23-20(14-24-11-2-3-12-24)17-5-4-6-19(13-17)25(27)28/h4-10,13,15,20H,2-3,11-12,14,22H2,1H3,(H,23,26)/t15?,20-/m1/s1. The summed E-state index contributed by atoms with van der Waals surface area (Å²) >= 11 is 0. The molecule has 1 unspecified atom stereocenters. The van der Waals surface area contributed by atoms with E-state index in [1.165, 1.54) is 6.07 Å². The molecule has 0 spiro atoms. The Balaban J connectivity index is 1.79. The number of carbonyl (C=O) groups excluding carboxylic acids is 1. The van der Waals surface area contributed by atoms with Crippen LogP contribution in [0.2, 0.25) is 0 Å². The number of benzene rings is 2. The summed E-state index contributed by atoms with van der Waals surface area (Å²) in [7, 11) is 0. The number of nitrogens with one attached hydrogen (secondary N) is 1. The molecule has 1 aliphatic rings. The highest BCUT2D eigenvalue weighted by atomic mass is 16.6. The summed E-state index contributed by atoms with van der Waals surface area (Å²) in [6.07, 6.45) is 2.27. The average Bonchev–Trinajstić information content (AvgIpc) is 3.20. The summed E-state index contributed by atoms with van der Waals surface area (Å²) in [5, 5.41) is 14.3. The van der Waals surface area contributed by atoms with Crippen LogP contribution in [0.3, 0.4) is 0 Å². The Morgan fingerprint density at radius 3 is 2.50 bits per heavy atom. The quantitative estimate of drug-likeness (QED) is 0.435. The lowest BCUT2D eigenvalue weighted by Gasteiger charge is -2.26. The minimum Gasteiger partial charge on any atom is -0.399 e. The van der Waals surface area contributed by atoms with Crippen molar-refractivity contribution in [3.63, 3.8) is 0 Å². The molecule has 1 heterocycles. The Hall–Kier alpha value is -2.93. The lowest BCUT2D eigenvalue weighted by atomic mass is 9.98. The van der Waals surface area contributed by atoms with Crippen molar-refractivity contribution in [2.45, 2.75) is 31.7 Å². The van der Waals surface area contributed by atoms with E-state index in [0.717, 1.165) is 37.1 Å². The van der Waals surface area contributed by atoms with Crippen molar-refractivity contribution in [2.75, 3.05) is 25.4 Å². The van der Waals surface area contributed by atoms with Crippen LogP contribution in [0.1, 0.15) is 42.9 Å². The van der Waals surface area contributed by atoms with Gasteiger partial charge in [-0.1, -0.05) is 24.3 Å². The van der Waals surface area contributed by atoms with Gasteiger partial charge in [-0.25, -0.2) is 0 Å². The molecule has 1 amide bonds. The fourth-order valence-corrected chi connectivity index (χ4v) is 3.55. The van der Waals surface area contributed by atoms with Crippen molar-refractivity contribution in [2.24, 2.45) is 0 Å². The van der Waals surface area contributed by atoms with Crippen LogP contribution in [-0.4, -0.2) is 35.4 Å². The van der Waals surface area contributed by atoms with Gasteiger partial charge in [0.25, 0.3) is 5.69 Å². The van der Waals surface area contributed by atoms with Crippen LogP contribution < -0.4 is 11.1 Å². The Bertz CT molecular complexity index is 832. The molecule has 0 bridgehead atoms. The van der Waals surface area contributed by atoms with Crippen LogP contribution in [0.15, 0.2) is 48.5 Å². The van der Waals surface area contributed by atoms with Gasteiger partial charge in [-0.05, 0) is 56.1 Å². The second-order valence-electron chi connectivity index (χ2n) is 7.31. The van der Waals surface area contributed by atoms with E-state index in [9.17, 15) is 14.9 Å². The number of anilines is 1. The van der Waals surface area contributed by atoms with E-state index in [4.69, 9.17) is 5.73 Å². The molecule has 0 aliphatic carbocycles. The van der Waals surface area contributed by atoms with Gasteiger partial charge in [-0.2, -0.15) is 0 Å². The third-order valence-corrected chi connectivity index (χ3v) is 5.27. The van der Waals surface area contributed by atoms with E-state index in [1.54, 1.807) is 24.3 Å². The molecule has 7 nitrogen and oxygen atoms in total. The number of carbonyl (C=O) groups is 1. The zero-order valence-electron chi connectivity index (χ0n) is 16.0. The Morgan fingerprint density at radius 1 is 1.18 bits per heavy atom. The number of hydrogen-bond donors (Lipinski definition) is 2. The summed E-state index contributed by atoms with van der Waals surface area (Å²) in [6, 6.07) is 13.5. The van der Waals surface area contributed by atoms with Crippen molar-refractivity contribution in [3.8, 4) is 0 Å². The van der Waals surface area contributed by atoms with Crippen LogP contribution >= 0.6 is 0 Å². The molecule has 148 valence electrons. The number of nitrogens with zero attached hydrogens (tertiary/aromatic N) is 2. The van der Waals surface area contributed by atoms with Gasteiger partial charge in [0, 0.05) is 24.4 Å². The molecule has 0 radical (unpaired) electrons. The van der Waals surface area contributed by atoms with Crippen LogP contribution in [0, 0.1) is 10.1 Å². The molecule has 0 aromatic heterocycles. The Kier molecular flexibility index (Phi) is 6.26. The molecule has 28 heavy (non-hydrogen) atoms. The van der Waals surface area contributed by atoms with Gasteiger partial charge in [-0.15, -0.1) is 0 Å². The van der Waals surface area contributed by atoms with Crippen LogP contribution in [-0.2, 0) is 4.79 Å². The van der Waals surface area contributed by atoms with Crippen molar-refractivity contribution in [1.29, 1.82) is 0 Å². The van der Waals surface area contributed by atoms with E-state index in [2.05, 4.69) is 10.2 Å². The first-order valence-electron chi connectivity index (χ1n) is 9.56. The second kappa shape index (κ2) is 8.84. The first-order chi connectivity index (χ1) is 13.4. The molecule has 1 fully saturated rings. The molecule has 2 atom stereocenters. The van der Waals surface area contributed by atoms with Gasteiger partial charge in [-0.3, -0.25) is 14.9 Å². The van der Waals surface area contributed by atoms with Crippen molar-refractivity contribution >= 4 is 17.3 Å². The van der Waals surface area contributed by atoms with Gasteiger partial charge < -0.3 is 16.0 Å². The summed E-state index contributed by atoms with van der Waals surface area (Å²) < 4.78 is 0. The van der Waals surface area contributed by atoms with E-state index in [-0.39, 0.29) is 23.6 Å². The Morgan fingerprint density at radius 2 is 1.86 bits per heavy atom. The minimum absolute atomic E-state index is 0.0322. The molecule has 1 saturated heterocycles. The number of likely N-dealkylation sites (tertiary alicyclic amines) is 1. The Labute approximate surface area is 164 Å². The highest BCUT2D eigenvalue weighted by molar-refractivity contribution is 5.83. The monoisotopic (exact) mass is 382 g/mol. The van der Waals surface area contributed by atoms with E-state index in [1.807, 2.05) is 25.1 Å². The van der Waals surface area contributed by atoms with Crippen molar-refractivity contribution in [3.05, 3.63) is 69.8 Å². The predicted molar refractivity (Wildman–Crippen MR) is 109 cm³/mol. The second-order valence-corrected chi connectivity index (χ2v) is 7.31. The number of nitro benzene ring substituents is 1. The normalized spacial score (nSPS) is 16.5. The van der Waals surface area contributed by atoms with E-state index >= 15 is 0 Å². The molecule has 1 aliphatic heterocycles. The molecular weight excluding hydrogens is 356 g/mol. The zero-order valence-corrected chi connectivity index (χ0v) is 16.0. The van der Waals surface area contributed by atoms with Gasteiger partial charge in [0.15, 0.2) is 0 Å². The van der Waals surface area contributed by atoms with Crippen LogP contribution in [0.25, 0.3) is 0 Å². The smallest absolute Gasteiger partial charge is 0.269 e. The molecule has 3 N–H and O–H groups in total. The largest absolute Gasteiger partial charge is 0.399 e. The van der Waals surface area contributed by atoms with Crippen molar-refractivity contribution < 1.29 is 9.72 Å². The number of nitrogens with two attached hydrogens (primary N) is 1. The molecule has 2 aromatic carbocycles. The third kappa shape index (κ3) is 4.86. The maximum Gasteiger partial charge on any atom is 0.269 e. The molecule has 0 saturated carbocycles. The maximum absolute atomic E-state index is 12.9. The predicted octanol–water partition coefficient (Wildman–Crippen LogP) is 3.23. The lowest BCUT2D eigenvalue weighted by Crippen LogP contribution is -2.38. The number of nitro groups is 1. The zero-order chi connectivity index (χ0) is 20.1. The number of amides is 1. The van der Waals surface area contributed by atoms with Gasteiger partial charge in [0.2, 0.25) is 5.91 Å².